The fraction of sp³-hybridized carbons (Fsp3) is 0.250. The monoisotopic (exact) mass is 397 g/mol. The number of amides is 1. The summed E-state index contributed by atoms with van der Waals surface area (Å²) < 4.78 is 1.36. The van der Waals surface area contributed by atoms with Crippen molar-refractivity contribution in [2.75, 3.05) is 43.4 Å². The molecular formula is C20H20ClN5O2. The molecule has 8 heteroatoms. The molecule has 7 nitrogen and oxygen atoms in total. The van der Waals surface area contributed by atoms with E-state index in [1.165, 1.54) is 10.6 Å². The van der Waals surface area contributed by atoms with Crippen molar-refractivity contribution >= 4 is 34.5 Å². The third-order valence-electron chi connectivity index (χ3n) is 4.91. The number of nitrogens with zero attached hydrogens (tertiary/aromatic N) is 4. The van der Waals surface area contributed by atoms with Crippen molar-refractivity contribution in [1.29, 1.82) is 0 Å². The molecule has 0 bridgehead atoms. The predicted octanol–water partition coefficient (Wildman–Crippen LogP) is 2.35. The number of anilines is 2. The van der Waals surface area contributed by atoms with Crippen molar-refractivity contribution in [2.45, 2.75) is 0 Å². The van der Waals surface area contributed by atoms with Crippen molar-refractivity contribution in [3.05, 3.63) is 69.7 Å². The number of likely N-dealkylation sites (N-methyl/N-ethyl adjacent to an activating group) is 1. The Morgan fingerprint density at radius 3 is 2.71 bits per heavy atom. The summed E-state index contributed by atoms with van der Waals surface area (Å²) in [6, 6.07) is 10.6. The molecule has 144 valence electrons. The fourth-order valence-corrected chi connectivity index (χ4v) is 3.48. The molecule has 0 spiro atoms. The van der Waals surface area contributed by atoms with Crippen LogP contribution in [0.4, 0.5) is 11.4 Å². The molecule has 28 heavy (non-hydrogen) atoms. The normalized spacial score (nSPS) is 15.0. The van der Waals surface area contributed by atoms with Crippen LogP contribution in [0.3, 0.4) is 0 Å². The van der Waals surface area contributed by atoms with Crippen LogP contribution in [0, 0.1) is 0 Å². The van der Waals surface area contributed by atoms with E-state index in [4.69, 9.17) is 11.6 Å². The summed E-state index contributed by atoms with van der Waals surface area (Å²) in [5, 5.41) is 3.37. The Bertz CT molecular complexity index is 1090. The summed E-state index contributed by atoms with van der Waals surface area (Å²) in [7, 11) is 2.09. The minimum absolute atomic E-state index is 0.0204. The van der Waals surface area contributed by atoms with Crippen molar-refractivity contribution in [3.63, 3.8) is 0 Å². The number of benzene rings is 1. The highest BCUT2D eigenvalue weighted by atomic mass is 35.5. The van der Waals surface area contributed by atoms with Crippen LogP contribution in [0.25, 0.3) is 5.65 Å². The summed E-state index contributed by atoms with van der Waals surface area (Å²) in [5.41, 5.74) is 1.53. The molecule has 0 radical (unpaired) electrons. The minimum Gasteiger partial charge on any atom is -0.367 e. The summed E-state index contributed by atoms with van der Waals surface area (Å²) >= 11 is 6.16. The third kappa shape index (κ3) is 3.58. The first-order valence-electron chi connectivity index (χ1n) is 9.04. The van der Waals surface area contributed by atoms with Crippen LogP contribution in [0.2, 0.25) is 5.02 Å². The number of halogens is 1. The molecule has 1 saturated heterocycles. The molecule has 1 N–H and O–H groups in total. The number of piperazine rings is 1. The molecule has 0 saturated carbocycles. The van der Waals surface area contributed by atoms with E-state index >= 15 is 0 Å². The van der Waals surface area contributed by atoms with Gasteiger partial charge in [-0.1, -0.05) is 17.7 Å². The Morgan fingerprint density at radius 1 is 1.14 bits per heavy atom. The second kappa shape index (κ2) is 7.61. The average Bonchev–Trinajstić information content (AvgIpc) is 2.69. The highest BCUT2D eigenvalue weighted by molar-refractivity contribution is 6.31. The van der Waals surface area contributed by atoms with Crippen LogP contribution in [0.5, 0.6) is 0 Å². The Labute approximate surface area is 167 Å². The van der Waals surface area contributed by atoms with Crippen LogP contribution in [0.15, 0.2) is 53.6 Å². The van der Waals surface area contributed by atoms with Crippen LogP contribution >= 0.6 is 11.6 Å². The number of aromatic nitrogens is 2. The maximum absolute atomic E-state index is 12.8. The number of hydrogen-bond acceptors (Lipinski definition) is 5. The van der Waals surface area contributed by atoms with Gasteiger partial charge in [0.15, 0.2) is 0 Å². The first kappa shape index (κ1) is 18.5. The third-order valence-corrected chi connectivity index (χ3v) is 5.14. The van der Waals surface area contributed by atoms with Gasteiger partial charge in [0.05, 0.1) is 11.4 Å². The van der Waals surface area contributed by atoms with Crippen LogP contribution in [-0.4, -0.2) is 53.4 Å². The van der Waals surface area contributed by atoms with Gasteiger partial charge in [-0.25, -0.2) is 4.98 Å². The lowest BCUT2D eigenvalue weighted by Crippen LogP contribution is -2.44. The number of rotatable bonds is 3. The Hall–Kier alpha value is -2.90. The van der Waals surface area contributed by atoms with Gasteiger partial charge in [-0.05, 0) is 37.4 Å². The molecule has 1 aromatic carbocycles. The molecule has 0 aliphatic carbocycles. The summed E-state index contributed by atoms with van der Waals surface area (Å²) in [6.45, 7) is 3.57. The summed E-state index contributed by atoms with van der Waals surface area (Å²) in [4.78, 5) is 34.2. The Kier molecular flexibility index (Phi) is 5.02. The molecule has 4 rings (SSSR count). The van der Waals surface area contributed by atoms with Gasteiger partial charge in [0, 0.05) is 43.6 Å². The molecule has 1 aliphatic rings. The SMILES string of the molecule is CN1CCN(c2ccc(Cl)cc2NC(=O)c2cnc3ccccn3c2=O)CC1. The van der Waals surface area contributed by atoms with E-state index in [1.54, 1.807) is 36.5 Å². The van der Waals surface area contributed by atoms with E-state index in [9.17, 15) is 9.59 Å². The number of carbonyl (C=O) groups excluding carboxylic acids is 1. The summed E-state index contributed by atoms with van der Waals surface area (Å²) in [6.07, 6.45) is 2.91. The Morgan fingerprint density at radius 2 is 1.93 bits per heavy atom. The second-order valence-corrected chi connectivity index (χ2v) is 7.25. The van der Waals surface area contributed by atoms with Gasteiger partial charge < -0.3 is 15.1 Å². The highest BCUT2D eigenvalue weighted by Crippen LogP contribution is 2.30. The lowest BCUT2D eigenvalue weighted by molar-refractivity contribution is 0.102. The fourth-order valence-electron chi connectivity index (χ4n) is 3.30. The largest absolute Gasteiger partial charge is 0.367 e. The maximum atomic E-state index is 12.8. The minimum atomic E-state index is -0.506. The molecule has 2 aromatic heterocycles. The zero-order chi connectivity index (χ0) is 19.7. The standard InChI is InChI=1S/C20H20ClN5O2/c1-24-8-10-25(11-9-24)17-6-5-14(21)12-16(17)23-19(27)15-13-22-18-4-2-3-7-26(18)20(15)28/h2-7,12-13H,8-11H2,1H3,(H,23,27). The molecule has 0 unspecified atom stereocenters. The van der Waals surface area contributed by atoms with Gasteiger partial charge in [0.1, 0.15) is 11.2 Å². The zero-order valence-corrected chi connectivity index (χ0v) is 16.2. The first-order valence-corrected chi connectivity index (χ1v) is 9.41. The highest BCUT2D eigenvalue weighted by Gasteiger charge is 2.20. The number of fused-ring (bicyclic) bond motifs is 1. The van der Waals surface area contributed by atoms with Crippen LogP contribution in [-0.2, 0) is 0 Å². The molecule has 3 heterocycles. The van der Waals surface area contributed by atoms with Gasteiger partial charge >= 0.3 is 0 Å². The molecule has 1 fully saturated rings. The molecule has 0 atom stereocenters. The van der Waals surface area contributed by atoms with E-state index < -0.39 is 11.5 Å². The van der Waals surface area contributed by atoms with Gasteiger partial charge in [-0.3, -0.25) is 14.0 Å². The van der Waals surface area contributed by atoms with E-state index in [0.717, 1.165) is 31.9 Å². The van der Waals surface area contributed by atoms with Gasteiger partial charge in [0.2, 0.25) is 0 Å². The van der Waals surface area contributed by atoms with Gasteiger partial charge in [-0.15, -0.1) is 0 Å². The van der Waals surface area contributed by atoms with Crippen LogP contribution < -0.4 is 15.8 Å². The predicted molar refractivity (Wildman–Crippen MR) is 111 cm³/mol. The van der Waals surface area contributed by atoms with Crippen molar-refractivity contribution in [2.24, 2.45) is 0 Å². The quantitative estimate of drug-likeness (QED) is 0.734. The van der Waals surface area contributed by atoms with E-state index in [1.807, 2.05) is 6.07 Å². The number of hydrogen-bond donors (Lipinski definition) is 1. The van der Waals surface area contributed by atoms with Gasteiger partial charge in [0.25, 0.3) is 11.5 Å². The topological polar surface area (TPSA) is 69.9 Å². The lowest BCUT2D eigenvalue weighted by Gasteiger charge is -2.35. The second-order valence-electron chi connectivity index (χ2n) is 6.81. The van der Waals surface area contributed by atoms with Crippen molar-refractivity contribution < 1.29 is 4.79 Å². The average molecular weight is 398 g/mol. The van der Waals surface area contributed by atoms with Crippen molar-refractivity contribution in [1.82, 2.24) is 14.3 Å². The number of pyridine rings is 1. The van der Waals surface area contributed by atoms with E-state index in [2.05, 4.69) is 27.1 Å². The Balaban J connectivity index is 1.66. The smallest absolute Gasteiger partial charge is 0.270 e. The summed E-state index contributed by atoms with van der Waals surface area (Å²) in [5.74, 6) is -0.506. The van der Waals surface area contributed by atoms with Crippen molar-refractivity contribution in [3.8, 4) is 0 Å². The van der Waals surface area contributed by atoms with Gasteiger partial charge in [-0.2, -0.15) is 0 Å². The zero-order valence-electron chi connectivity index (χ0n) is 15.4. The number of nitrogens with one attached hydrogen (secondary N) is 1. The first-order chi connectivity index (χ1) is 13.5. The van der Waals surface area contributed by atoms with E-state index in [-0.39, 0.29) is 5.56 Å². The molecule has 1 aliphatic heterocycles. The molecular weight excluding hydrogens is 378 g/mol. The number of carbonyl (C=O) groups is 1. The molecule has 1 amide bonds. The van der Waals surface area contributed by atoms with E-state index in [0.29, 0.717) is 16.4 Å². The molecule has 3 aromatic rings. The maximum Gasteiger partial charge on any atom is 0.270 e. The van der Waals surface area contributed by atoms with Crippen LogP contribution in [0.1, 0.15) is 10.4 Å². The lowest BCUT2D eigenvalue weighted by atomic mass is 10.2.